The average molecular weight is 182 g/mol. The van der Waals surface area contributed by atoms with Crippen molar-refractivity contribution in [3.05, 3.63) is 24.3 Å². The highest BCUT2D eigenvalue weighted by Gasteiger charge is 1.99. The summed E-state index contributed by atoms with van der Waals surface area (Å²) >= 11 is 0. The highest BCUT2D eigenvalue weighted by molar-refractivity contribution is 6.32. The van der Waals surface area contributed by atoms with Crippen LogP contribution in [0, 0.1) is 0 Å². The number of ether oxygens (including phenoxy) is 2. The first-order valence-corrected chi connectivity index (χ1v) is 4.98. The van der Waals surface area contributed by atoms with E-state index in [0.29, 0.717) is 0 Å². The highest BCUT2D eigenvalue weighted by Crippen LogP contribution is 2.09. The third-order valence-corrected chi connectivity index (χ3v) is 2.32. The van der Waals surface area contributed by atoms with Crippen LogP contribution < -0.4 is 9.92 Å². The van der Waals surface area contributed by atoms with Crippen molar-refractivity contribution < 1.29 is 9.47 Å². The van der Waals surface area contributed by atoms with Crippen LogP contribution in [-0.2, 0) is 4.74 Å². The van der Waals surface area contributed by atoms with E-state index in [9.17, 15) is 0 Å². The van der Waals surface area contributed by atoms with Gasteiger partial charge in [-0.3, -0.25) is 0 Å². The Kier molecular flexibility index (Phi) is 3.31. The molecule has 0 saturated carbocycles. The lowest BCUT2D eigenvalue weighted by Crippen LogP contribution is -2.14. The number of benzene rings is 1. The fraction of sp³-hybridized carbons (Fsp3) is 0.333. The van der Waals surface area contributed by atoms with Crippen molar-refractivity contribution in [3.8, 4) is 5.75 Å². The normalized spacial score (nSPS) is 12.8. The van der Waals surface area contributed by atoms with Crippen LogP contribution >= 0.6 is 0 Å². The van der Waals surface area contributed by atoms with Crippen LogP contribution in [-0.4, -0.2) is 23.6 Å². The van der Waals surface area contributed by atoms with Crippen molar-refractivity contribution in [1.29, 1.82) is 0 Å². The van der Waals surface area contributed by atoms with Crippen LogP contribution in [0.25, 0.3) is 0 Å². The molecule has 0 amide bonds. The summed E-state index contributed by atoms with van der Waals surface area (Å²) in [6.45, 7) is 1.87. The monoisotopic (exact) mass is 182 g/mol. The second kappa shape index (κ2) is 4.28. The Morgan fingerprint density at radius 1 is 1.25 bits per heavy atom. The van der Waals surface area contributed by atoms with Crippen molar-refractivity contribution in [1.82, 2.24) is 0 Å². The first kappa shape index (κ1) is 9.29. The van der Waals surface area contributed by atoms with Crippen LogP contribution in [0.3, 0.4) is 0 Å². The fourth-order valence-electron chi connectivity index (χ4n) is 0.857. The largest absolute Gasteiger partial charge is 0.465 e. The minimum absolute atomic E-state index is 0.176. The molecule has 1 atom stereocenters. The third kappa shape index (κ3) is 2.68. The summed E-state index contributed by atoms with van der Waals surface area (Å²) in [6, 6.07) is 8.09. The molecule has 1 rings (SSSR count). The van der Waals surface area contributed by atoms with Crippen molar-refractivity contribution >= 4 is 15.4 Å². The number of hydrogen-bond acceptors (Lipinski definition) is 2. The summed E-state index contributed by atoms with van der Waals surface area (Å²) in [7, 11) is 2.72. The maximum atomic E-state index is 5.41. The molecule has 0 radical (unpaired) electrons. The lowest BCUT2D eigenvalue weighted by atomic mass is 10.3. The Balaban J connectivity index is 2.58. The second-order valence-electron chi connectivity index (χ2n) is 2.73. The molecule has 0 heterocycles. The summed E-state index contributed by atoms with van der Waals surface area (Å²) in [5.41, 5.74) is 0. The van der Waals surface area contributed by atoms with E-state index in [2.05, 4.69) is 12.1 Å². The Hall–Kier alpha value is -0.803. The van der Waals surface area contributed by atoms with Crippen molar-refractivity contribution in [2.24, 2.45) is 0 Å². The van der Waals surface area contributed by atoms with E-state index in [4.69, 9.17) is 9.47 Å². The molecule has 3 heteroatoms. The smallest absolute Gasteiger partial charge is 0.196 e. The summed E-state index contributed by atoms with van der Waals surface area (Å²) in [5, 5.41) is 1.37. The van der Waals surface area contributed by atoms with Crippen LogP contribution in [0.2, 0.25) is 0 Å². The van der Waals surface area contributed by atoms with E-state index in [-0.39, 0.29) is 6.29 Å². The summed E-state index contributed by atoms with van der Waals surface area (Å²) in [5.74, 6) is 0.865. The molecule has 12 heavy (non-hydrogen) atoms. The zero-order chi connectivity index (χ0) is 8.97. The van der Waals surface area contributed by atoms with Crippen molar-refractivity contribution in [2.45, 2.75) is 13.2 Å². The van der Waals surface area contributed by atoms with Crippen LogP contribution in [0.5, 0.6) is 5.75 Å². The van der Waals surface area contributed by atoms with Gasteiger partial charge in [0.25, 0.3) is 0 Å². The topological polar surface area (TPSA) is 18.5 Å². The molecule has 0 N–H and O–H groups in total. The predicted octanol–water partition coefficient (Wildman–Crippen LogP) is 0.0485. The molecule has 0 aliphatic heterocycles. The molecule has 1 aromatic rings. The minimum Gasteiger partial charge on any atom is -0.465 e. The van der Waals surface area contributed by atoms with E-state index in [0.717, 1.165) is 16.0 Å². The molecular formula is C9H14O2Si. The van der Waals surface area contributed by atoms with Gasteiger partial charge in [-0.1, -0.05) is 17.3 Å². The van der Waals surface area contributed by atoms with Gasteiger partial charge in [-0.2, -0.15) is 0 Å². The number of rotatable bonds is 3. The molecule has 1 unspecified atom stereocenters. The molecule has 1 aromatic carbocycles. The fourth-order valence-corrected chi connectivity index (χ4v) is 1.19. The lowest BCUT2D eigenvalue weighted by molar-refractivity contribution is -0.0382. The quantitative estimate of drug-likeness (QED) is 0.486. The SMILES string of the molecule is COC(C)Oc1ccc([SiH3])cc1. The van der Waals surface area contributed by atoms with E-state index in [1.807, 2.05) is 19.1 Å². The minimum atomic E-state index is -0.176. The molecule has 0 fully saturated rings. The maximum Gasteiger partial charge on any atom is 0.196 e. The van der Waals surface area contributed by atoms with Gasteiger partial charge in [0.05, 0.1) is 0 Å². The lowest BCUT2D eigenvalue weighted by Gasteiger charge is -2.12. The number of hydrogen-bond donors (Lipinski definition) is 0. The standard InChI is InChI=1S/C9H14O2Si/c1-7(10-2)11-8-3-5-9(12)6-4-8/h3-7H,1-2,12H3. The zero-order valence-corrected chi connectivity index (χ0v) is 9.70. The van der Waals surface area contributed by atoms with Gasteiger partial charge in [-0.25, -0.2) is 0 Å². The van der Waals surface area contributed by atoms with E-state index >= 15 is 0 Å². The molecule has 0 saturated heterocycles. The van der Waals surface area contributed by atoms with E-state index < -0.39 is 0 Å². The molecule has 0 aromatic heterocycles. The predicted molar refractivity (Wildman–Crippen MR) is 53.1 cm³/mol. The average Bonchev–Trinajstić information content (AvgIpc) is 2.09. The van der Waals surface area contributed by atoms with Gasteiger partial charge >= 0.3 is 0 Å². The molecule has 2 nitrogen and oxygen atoms in total. The summed E-state index contributed by atoms with van der Waals surface area (Å²) in [6.07, 6.45) is -0.176. The molecule has 0 aliphatic carbocycles. The van der Waals surface area contributed by atoms with Gasteiger partial charge in [0.15, 0.2) is 6.29 Å². The van der Waals surface area contributed by atoms with Crippen LogP contribution in [0.4, 0.5) is 0 Å². The maximum absolute atomic E-state index is 5.41. The van der Waals surface area contributed by atoms with E-state index in [1.54, 1.807) is 7.11 Å². The molecule has 0 aliphatic rings. The van der Waals surface area contributed by atoms with Crippen LogP contribution in [0.15, 0.2) is 24.3 Å². The second-order valence-corrected chi connectivity index (χ2v) is 3.89. The zero-order valence-electron chi connectivity index (χ0n) is 7.70. The summed E-state index contributed by atoms with van der Waals surface area (Å²) in [4.78, 5) is 0. The first-order valence-electron chi connectivity index (χ1n) is 3.98. The van der Waals surface area contributed by atoms with E-state index in [1.165, 1.54) is 5.19 Å². The molecule has 0 bridgehead atoms. The Morgan fingerprint density at radius 3 is 2.33 bits per heavy atom. The van der Waals surface area contributed by atoms with Crippen molar-refractivity contribution in [3.63, 3.8) is 0 Å². The highest BCUT2D eigenvalue weighted by atomic mass is 28.1. The van der Waals surface area contributed by atoms with Gasteiger partial charge < -0.3 is 9.47 Å². The molecule has 0 spiro atoms. The third-order valence-electron chi connectivity index (χ3n) is 1.65. The molecule has 66 valence electrons. The Morgan fingerprint density at radius 2 is 1.83 bits per heavy atom. The number of methoxy groups -OCH3 is 1. The van der Waals surface area contributed by atoms with Crippen molar-refractivity contribution in [2.75, 3.05) is 7.11 Å². The van der Waals surface area contributed by atoms with Gasteiger partial charge in [0.2, 0.25) is 0 Å². The van der Waals surface area contributed by atoms with Gasteiger partial charge in [-0.15, -0.1) is 0 Å². The Labute approximate surface area is 75.9 Å². The Bertz CT molecular complexity index is 233. The first-order chi connectivity index (χ1) is 5.72. The van der Waals surface area contributed by atoms with Gasteiger partial charge in [-0.05, 0) is 19.1 Å². The van der Waals surface area contributed by atoms with Gasteiger partial charge in [0, 0.05) is 17.4 Å². The molecular weight excluding hydrogens is 168 g/mol. The van der Waals surface area contributed by atoms with Crippen LogP contribution in [0.1, 0.15) is 6.92 Å². The summed E-state index contributed by atoms with van der Waals surface area (Å²) < 4.78 is 10.4. The van der Waals surface area contributed by atoms with Gasteiger partial charge in [0.1, 0.15) is 5.75 Å².